The maximum Gasteiger partial charge on any atom is 0.220 e. The number of aromatic nitrogens is 1. The van der Waals surface area contributed by atoms with Crippen LogP contribution in [0, 0.1) is 5.92 Å². The van der Waals surface area contributed by atoms with Gasteiger partial charge in [0.1, 0.15) is 0 Å². The number of rotatable bonds is 6. The number of carbonyl (C=O) groups is 1. The lowest BCUT2D eigenvalue weighted by Crippen LogP contribution is -2.50. The summed E-state index contributed by atoms with van der Waals surface area (Å²) < 4.78 is 2.18. The lowest BCUT2D eigenvalue weighted by Gasteiger charge is -2.44. The number of para-hydroxylation sites is 1. The molecule has 4 nitrogen and oxygen atoms in total. The molecule has 1 aromatic heterocycles. The summed E-state index contributed by atoms with van der Waals surface area (Å²) in [6.07, 6.45) is 11.3. The molecule has 2 saturated heterocycles. The smallest absolute Gasteiger partial charge is 0.220 e. The summed E-state index contributed by atoms with van der Waals surface area (Å²) in [7, 11) is 2.09. The zero-order valence-electron chi connectivity index (χ0n) is 16.6. The van der Waals surface area contributed by atoms with Crippen molar-refractivity contribution in [1.82, 2.24) is 14.8 Å². The van der Waals surface area contributed by atoms with E-state index in [1.807, 2.05) is 0 Å². The van der Waals surface area contributed by atoms with Crippen molar-refractivity contribution in [2.45, 2.75) is 57.4 Å². The quantitative estimate of drug-likeness (QED) is 0.841. The van der Waals surface area contributed by atoms with Gasteiger partial charge in [0, 0.05) is 43.2 Å². The molecule has 2 atom stereocenters. The van der Waals surface area contributed by atoms with E-state index >= 15 is 0 Å². The summed E-state index contributed by atoms with van der Waals surface area (Å²) in [5.74, 6) is 0.879. The zero-order valence-corrected chi connectivity index (χ0v) is 16.6. The molecule has 2 fully saturated rings. The molecule has 2 aliphatic heterocycles. The predicted molar refractivity (Wildman–Crippen MR) is 111 cm³/mol. The largest absolute Gasteiger partial charge is 0.356 e. The van der Waals surface area contributed by atoms with E-state index in [-0.39, 0.29) is 5.91 Å². The molecular weight excluding hydrogens is 334 g/mol. The fourth-order valence-corrected chi connectivity index (χ4v) is 5.21. The third kappa shape index (κ3) is 4.21. The van der Waals surface area contributed by atoms with Crippen LogP contribution in [0.5, 0.6) is 0 Å². The number of benzene rings is 1. The normalized spacial score (nSPS) is 23.3. The number of carbonyl (C=O) groups excluding carboxylic acids is 1. The van der Waals surface area contributed by atoms with E-state index in [1.54, 1.807) is 0 Å². The van der Waals surface area contributed by atoms with Crippen LogP contribution in [-0.4, -0.2) is 41.1 Å². The van der Waals surface area contributed by atoms with Gasteiger partial charge in [0.05, 0.1) is 0 Å². The topological polar surface area (TPSA) is 37.3 Å². The van der Waals surface area contributed by atoms with Gasteiger partial charge in [-0.3, -0.25) is 4.79 Å². The average molecular weight is 368 g/mol. The molecule has 0 spiro atoms. The highest BCUT2D eigenvalue weighted by Crippen LogP contribution is 2.30. The number of hydrogen-bond donors (Lipinski definition) is 1. The first-order chi connectivity index (χ1) is 13.2. The first-order valence-electron chi connectivity index (χ1n) is 10.8. The second kappa shape index (κ2) is 8.47. The summed E-state index contributed by atoms with van der Waals surface area (Å²) in [6, 6.07) is 9.23. The number of nitrogens with one attached hydrogen (secondary N) is 1. The Hall–Kier alpha value is -1.81. The van der Waals surface area contributed by atoms with Crippen molar-refractivity contribution in [2.24, 2.45) is 13.0 Å². The van der Waals surface area contributed by atoms with E-state index in [9.17, 15) is 4.79 Å². The molecule has 1 aromatic carbocycles. The Balaban J connectivity index is 1.24. The van der Waals surface area contributed by atoms with Gasteiger partial charge < -0.3 is 14.8 Å². The first kappa shape index (κ1) is 18.5. The van der Waals surface area contributed by atoms with E-state index < -0.39 is 0 Å². The molecule has 0 radical (unpaired) electrons. The number of fused-ring (bicyclic) bond motifs is 2. The first-order valence-corrected chi connectivity index (χ1v) is 10.8. The Morgan fingerprint density at radius 2 is 2.00 bits per heavy atom. The molecule has 146 valence electrons. The summed E-state index contributed by atoms with van der Waals surface area (Å²) in [5.41, 5.74) is 2.62. The Bertz CT molecular complexity index is 779. The molecular formula is C23H33N3O. The fraction of sp³-hybridized carbons (Fsp3) is 0.609. The van der Waals surface area contributed by atoms with Crippen molar-refractivity contribution in [3.05, 3.63) is 36.0 Å². The van der Waals surface area contributed by atoms with Gasteiger partial charge in [-0.1, -0.05) is 24.6 Å². The van der Waals surface area contributed by atoms with Gasteiger partial charge in [0.25, 0.3) is 0 Å². The van der Waals surface area contributed by atoms with E-state index in [1.165, 1.54) is 61.7 Å². The Labute approximate surface area is 162 Å². The molecule has 2 aromatic rings. The summed E-state index contributed by atoms with van der Waals surface area (Å²) >= 11 is 0. The highest BCUT2D eigenvalue weighted by Gasteiger charge is 2.32. The Kier molecular flexibility index (Phi) is 5.82. The summed E-state index contributed by atoms with van der Waals surface area (Å²) in [4.78, 5) is 15.0. The van der Waals surface area contributed by atoms with Crippen LogP contribution < -0.4 is 5.32 Å². The van der Waals surface area contributed by atoms with Crippen molar-refractivity contribution in [1.29, 1.82) is 0 Å². The molecule has 27 heavy (non-hydrogen) atoms. The van der Waals surface area contributed by atoms with Crippen molar-refractivity contribution in [3.8, 4) is 0 Å². The molecule has 1 N–H and O–H groups in total. The number of amides is 1. The SMILES string of the molecule is Cn1cc(CCCC(=O)NC[C@H]2CCCN3CCCC[C@H]23)c2ccccc21. The van der Waals surface area contributed by atoms with Gasteiger partial charge >= 0.3 is 0 Å². The maximum atomic E-state index is 12.4. The van der Waals surface area contributed by atoms with Crippen LogP contribution in [0.25, 0.3) is 10.9 Å². The number of hydrogen-bond acceptors (Lipinski definition) is 2. The Morgan fingerprint density at radius 1 is 1.15 bits per heavy atom. The molecule has 1 amide bonds. The molecule has 3 heterocycles. The lowest BCUT2D eigenvalue weighted by atomic mass is 9.83. The summed E-state index contributed by atoms with van der Waals surface area (Å²) in [6.45, 7) is 3.40. The summed E-state index contributed by atoms with van der Waals surface area (Å²) in [5, 5.41) is 4.56. The van der Waals surface area contributed by atoms with Crippen LogP contribution in [0.3, 0.4) is 0 Å². The van der Waals surface area contributed by atoms with Crippen LogP contribution in [0.15, 0.2) is 30.5 Å². The van der Waals surface area contributed by atoms with Gasteiger partial charge in [0.2, 0.25) is 5.91 Å². The molecule has 0 saturated carbocycles. The van der Waals surface area contributed by atoms with Crippen LogP contribution >= 0.6 is 0 Å². The van der Waals surface area contributed by atoms with Crippen LogP contribution in [0.4, 0.5) is 0 Å². The van der Waals surface area contributed by atoms with Gasteiger partial charge in [-0.25, -0.2) is 0 Å². The molecule has 4 rings (SSSR count). The van der Waals surface area contributed by atoms with E-state index in [0.717, 1.165) is 19.4 Å². The van der Waals surface area contributed by atoms with Crippen LogP contribution in [0.1, 0.15) is 50.5 Å². The lowest BCUT2D eigenvalue weighted by molar-refractivity contribution is -0.121. The van der Waals surface area contributed by atoms with Gasteiger partial charge in [0.15, 0.2) is 0 Å². The van der Waals surface area contributed by atoms with E-state index in [2.05, 4.69) is 52.3 Å². The monoisotopic (exact) mass is 367 g/mol. The minimum atomic E-state index is 0.225. The average Bonchev–Trinajstić information content (AvgIpc) is 3.02. The second-order valence-electron chi connectivity index (χ2n) is 8.44. The minimum Gasteiger partial charge on any atom is -0.356 e. The minimum absolute atomic E-state index is 0.225. The van der Waals surface area contributed by atoms with E-state index in [4.69, 9.17) is 0 Å². The highest BCUT2D eigenvalue weighted by molar-refractivity contribution is 5.84. The van der Waals surface area contributed by atoms with Crippen molar-refractivity contribution < 1.29 is 4.79 Å². The van der Waals surface area contributed by atoms with Crippen LogP contribution in [-0.2, 0) is 18.3 Å². The number of piperidine rings is 2. The molecule has 0 aliphatic carbocycles. The molecule has 4 heteroatoms. The van der Waals surface area contributed by atoms with Crippen molar-refractivity contribution >= 4 is 16.8 Å². The van der Waals surface area contributed by atoms with Gasteiger partial charge in [-0.15, -0.1) is 0 Å². The fourth-order valence-electron chi connectivity index (χ4n) is 5.21. The Morgan fingerprint density at radius 3 is 2.93 bits per heavy atom. The third-order valence-electron chi connectivity index (χ3n) is 6.62. The zero-order chi connectivity index (χ0) is 18.6. The molecule has 0 bridgehead atoms. The highest BCUT2D eigenvalue weighted by atomic mass is 16.1. The van der Waals surface area contributed by atoms with Gasteiger partial charge in [-0.05, 0) is 69.2 Å². The van der Waals surface area contributed by atoms with Gasteiger partial charge in [-0.2, -0.15) is 0 Å². The molecule has 0 unspecified atom stereocenters. The van der Waals surface area contributed by atoms with Crippen LogP contribution in [0.2, 0.25) is 0 Å². The third-order valence-corrected chi connectivity index (χ3v) is 6.62. The maximum absolute atomic E-state index is 12.4. The number of nitrogens with zero attached hydrogens (tertiary/aromatic N) is 2. The van der Waals surface area contributed by atoms with Crippen molar-refractivity contribution in [2.75, 3.05) is 19.6 Å². The predicted octanol–water partition coefficient (Wildman–Crippen LogP) is 3.88. The second-order valence-corrected chi connectivity index (χ2v) is 8.44. The number of aryl methyl sites for hydroxylation is 2. The molecule has 2 aliphatic rings. The van der Waals surface area contributed by atoms with Crippen molar-refractivity contribution in [3.63, 3.8) is 0 Å². The van der Waals surface area contributed by atoms with E-state index in [0.29, 0.717) is 18.4 Å². The standard InChI is InChI=1S/C23H33N3O/c1-25-17-19(20-10-2-3-12-22(20)25)8-6-13-23(27)24-16-18-9-7-15-26-14-5-4-11-21(18)26/h2-3,10,12,17-18,21H,4-9,11,13-16H2,1H3,(H,24,27)/t18-,21-/m1/s1.